The van der Waals surface area contributed by atoms with E-state index >= 15 is 0 Å². The van der Waals surface area contributed by atoms with E-state index in [4.69, 9.17) is 4.74 Å². The molecule has 1 amide bonds. The van der Waals surface area contributed by atoms with Crippen molar-refractivity contribution in [1.29, 1.82) is 5.26 Å². The monoisotopic (exact) mass is 328 g/mol. The van der Waals surface area contributed by atoms with E-state index in [1.807, 2.05) is 13.0 Å². The first-order chi connectivity index (χ1) is 11.5. The molecule has 2 atom stereocenters. The average Bonchev–Trinajstić information content (AvgIpc) is 2.57. The predicted molar refractivity (Wildman–Crippen MR) is 92.4 cm³/mol. The van der Waals surface area contributed by atoms with Crippen LogP contribution in [0.2, 0.25) is 0 Å². The van der Waals surface area contributed by atoms with Gasteiger partial charge in [0, 0.05) is 6.04 Å². The van der Waals surface area contributed by atoms with Gasteiger partial charge in [0.1, 0.15) is 11.6 Å². The molecule has 0 saturated heterocycles. The second kappa shape index (κ2) is 8.39. The second-order valence-electron chi connectivity index (χ2n) is 6.17. The van der Waals surface area contributed by atoms with Gasteiger partial charge in [0.2, 0.25) is 0 Å². The molecule has 1 aliphatic carbocycles. The lowest BCUT2D eigenvalue weighted by atomic mass is 9.86. The summed E-state index contributed by atoms with van der Waals surface area (Å²) in [4.78, 5) is 12.4. The maximum Gasteiger partial charge on any atom is 0.262 e. The van der Waals surface area contributed by atoms with Crippen LogP contribution >= 0.6 is 0 Å². The van der Waals surface area contributed by atoms with Gasteiger partial charge in [-0.25, -0.2) is 0 Å². The zero-order valence-corrected chi connectivity index (χ0v) is 14.2. The van der Waals surface area contributed by atoms with Crippen molar-refractivity contribution in [1.82, 2.24) is 5.32 Å². The molecular weight excluding hydrogens is 304 g/mol. The van der Waals surface area contributed by atoms with E-state index in [1.54, 1.807) is 12.1 Å². The minimum atomic E-state index is -0.345. The van der Waals surface area contributed by atoms with Gasteiger partial charge in [0.15, 0.2) is 11.5 Å². The van der Waals surface area contributed by atoms with Crippen LogP contribution in [-0.4, -0.2) is 23.7 Å². The molecule has 0 bridgehead atoms. The minimum Gasteiger partial charge on any atom is -0.504 e. The highest BCUT2D eigenvalue weighted by Gasteiger charge is 2.24. The third-order valence-corrected chi connectivity index (χ3v) is 4.39. The molecule has 1 saturated carbocycles. The van der Waals surface area contributed by atoms with Crippen LogP contribution in [0.4, 0.5) is 0 Å². The van der Waals surface area contributed by atoms with Crippen LogP contribution in [0.15, 0.2) is 23.8 Å². The van der Waals surface area contributed by atoms with Crippen LogP contribution < -0.4 is 10.1 Å². The van der Waals surface area contributed by atoms with Gasteiger partial charge in [0.25, 0.3) is 5.91 Å². The number of nitrogens with one attached hydrogen (secondary N) is 1. The summed E-state index contributed by atoms with van der Waals surface area (Å²) in [7, 11) is 0. The van der Waals surface area contributed by atoms with E-state index in [-0.39, 0.29) is 23.3 Å². The number of hydrogen-bond acceptors (Lipinski definition) is 4. The molecule has 0 aliphatic heterocycles. The minimum absolute atomic E-state index is 0.0352. The first-order valence-electron chi connectivity index (χ1n) is 8.43. The van der Waals surface area contributed by atoms with Crippen LogP contribution in [0.3, 0.4) is 0 Å². The average molecular weight is 328 g/mol. The van der Waals surface area contributed by atoms with Crippen molar-refractivity contribution in [2.24, 2.45) is 5.92 Å². The molecule has 2 rings (SSSR count). The van der Waals surface area contributed by atoms with E-state index < -0.39 is 0 Å². The van der Waals surface area contributed by atoms with Crippen LogP contribution in [0.25, 0.3) is 6.08 Å². The van der Waals surface area contributed by atoms with Crippen molar-refractivity contribution in [2.45, 2.75) is 45.6 Å². The lowest BCUT2D eigenvalue weighted by Gasteiger charge is -2.29. The Morgan fingerprint density at radius 1 is 1.46 bits per heavy atom. The highest BCUT2D eigenvalue weighted by Crippen LogP contribution is 2.28. The Balaban J connectivity index is 2.15. The van der Waals surface area contributed by atoms with Gasteiger partial charge >= 0.3 is 0 Å². The summed E-state index contributed by atoms with van der Waals surface area (Å²) >= 11 is 0. The number of nitrogens with zero attached hydrogens (tertiary/aromatic N) is 1. The van der Waals surface area contributed by atoms with E-state index in [9.17, 15) is 15.2 Å². The number of carbonyl (C=O) groups excluding carboxylic acids is 1. The molecule has 1 fully saturated rings. The first-order valence-corrected chi connectivity index (χ1v) is 8.43. The number of rotatable bonds is 5. The smallest absolute Gasteiger partial charge is 0.262 e. The van der Waals surface area contributed by atoms with Gasteiger partial charge in [0.05, 0.1) is 6.61 Å². The standard InChI is InChI=1S/C19H24N2O3/c1-3-24-18-11-14(8-9-17(18)22)10-15(12-20)19(23)21-16-7-5-4-6-13(16)2/h8-11,13,16,22H,3-7H2,1-2H3,(H,21,23). The maximum atomic E-state index is 12.4. The summed E-state index contributed by atoms with van der Waals surface area (Å²) in [5.41, 5.74) is 0.695. The Bertz CT molecular complexity index is 661. The number of carbonyl (C=O) groups is 1. The van der Waals surface area contributed by atoms with Gasteiger partial charge < -0.3 is 15.2 Å². The molecule has 1 aromatic rings. The zero-order valence-electron chi connectivity index (χ0n) is 14.2. The van der Waals surface area contributed by atoms with E-state index in [2.05, 4.69) is 12.2 Å². The fraction of sp³-hybridized carbons (Fsp3) is 0.474. The molecule has 0 radical (unpaired) electrons. The molecule has 128 valence electrons. The lowest BCUT2D eigenvalue weighted by Crippen LogP contribution is -2.41. The van der Waals surface area contributed by atoms with Crippen molar-refractivity contribution >= 4 is 12.0 Å². The van der Waals surface area contributed by atoms with Crippen LogP contribution in [-0.2, 0) is 4.79 Å². The van der Waals surface area contributed by atoms with Crippen LogP contribution in [0.1, 0.15) is 45.1 Å². The number of hydrogen-bond donors (Lipinski definition) is 2. The summed E-state index contributed by atoms with van der Waals surface area (Å²) in [6.07, 6.45) is 5.88. The van der Waals surface area contributed by atoms with E-state index in [0.717, 1.165) is 19.3 Å². The topological polar surface area (TPSA) is 82.3 Å². The predicted octanol–water partition coefficient (Wildman–Crippen LogP) is 3.39. The molecule has 0 aromatic heterocycles. The van der Waals surface area contributed by atoms with Gasteiger partial charge in [-0.3, -0.25) is 4.79 Å². The molecule has 1 aliphatic rings. The highest BCUT2D eigenvalue weighted by molar-refractivity contribution is 6.01. The zero-order chi connectivity index (χ0) is 17.5. The number of aromatic hydroxyl groups is 1. The third kappa shape index (κ3) is 4.51. The summed E-state index contributed by atoms with van der Waals surface area (Å²) in [6.45, 7) is 4.38. The molecule has 24 heavy (non-hydrogen) atoms. The lowest BCUT2D eigenvalue weighted by molar-refractivity contribution is -0.118. The van der Waals surface area contributed by atoms with E-state index in [1.165, 1.54) is 18.6 Å². The number of benzene rings is 1. The summed E-state index contributed by atoms with van der Waals surface area (Å²) in [6, 6.07) is 6.85. The first kappa shape index (κ1) is 17.9. The Morgan fingerprint density at radius 3 is 2.88 bits per heavy atom. The Labute approximate surface area is 142 Å². The molecule has 0 spiro atoms. The van der Waals surface area contributed by atoms with Crippen molar-refractivity contribution in [3.63, 3.8) is 0 Å². The number of nitriles is 1. The van der Waals surface area contributed by atoms with Crippen molar-refractivity contribution < 1.29 is 14.6 Å². The Hall–Kier alpha value is -2.48. The molecule has 2 unspecified atom stereocenters. The molecule has 1 aromatic carbocycles. The normalized spacial score (nSPS) is 21.0. The fourth-order valence-corrected chi connectivity index (χ4v) is 2.98. The molecular formula is C19H24N2O3. The highest BCUT2D eigenvalue weighted by atomic mass is 16.5. The third-order valence-electron chi connectivity index (χ3n) is 4.39. The Kier molecular flexibility index (Phi) is 6.25. The van der Waals surface area contributed by atoms with Crippen molar-refractivity contribution in [3.05, 3.63) is 29.3 Å². The number of phenols is 1. The van der Waals surface area contributed by atoms with Crippen molar-refractivity contribution in [3.8, 4) is 17.6 Å². The molecule has 0 heterocycles. The summed E-state index contributed by atoms with van der Waals surface area (Å²) < 4.78 is 5.33. The van der Waals surface area contributed by atoms with Gasteiger partial charge in [-0.1, -0.05) is 25.8 Å². The number of phenolic OH excluding ortho intramolecular Hbond substituents is 1. The van der Waals surface area contributed by atoms with Crippen molar-refractivity contribution in [2.75, 3.05) is 6.61 Å². The molecule has 2 N–H and O–H groups in total. The summed E-state index contributed by atoms with van der Waals surface area (Å²) in [5.74, 6) is 0.459. The van der Waals surface area contributed by atoms with Gasteiger partial charge in [-0.15, -0.1) is 0 Å². The van der Waals surface area contributed by atoms with Crippen LogP contribution in [0, 0.1) is 17.2 Å². The van der Waals surface area contributed by atoms with E-state index in [0.29, 0.717) is 23.8 Å². The van der Waals surface area contributed by atoms with Crippen LogP contribution in [0.5, 0.6) is 11.5 Å². The van der Waals surface area contributed by atoms with Gasteiger partial charge in [-0.2, -0.15) is 5.26 Å². The fourth-order valence-electron chi connectivity index (χ4n) is 2.98. The Morgan fingerprint density at radius 2 is 2.21 bits per heavy atom. The maximum absolute atomic E-state index is 12.4. The van der Waals surface area contributed by atoms with Gasteiger partial charge in [-0.05, 0) is 49.5 Å². The molecule has 5 heteroatoms. The second-order valence-corrected chi connectivity index (χ2v) is 6.17. The SMILES string of the molecule is CCOc1cc(C=C(C#N)C(=O)NC2CCCCC2C)ccc1O. The number of amides is 1. The largest absolute Gasteiger partial charge is 0.504 e. The number of ether oxygens (including phenoxy) is 1. The quantitative estimate of drug-likeness (QED) is 0.641. The summed E-state index contributed by atoms with van der Waals surface area (Å²) in [5, 5.41) is 22.0. The molecule has 5 nitrogen and oxygen atoms in total.